The molecule has 7 heteroatoms. The summed E-state index contributed by atoms with van der Waals surface area (Å²) in [5.74, 6) is -0.165. The van der Waals surface area contributed by atoms with Crippen LogP contribution < -0.4 is 5.73 Å². The van der Waals surface area contributed by atoms with E-state index in [-0.39, 0.29) is 23.9 Å². The molecule has 2 N–H and O–H groups in total. The summed E-state index contributed by atoms with van der Waals surface area (Å²) in [7, 11) is 0. The van der Waals surface area contributed by atoms with Crippen molar-refractivity contribution < 1.29 is 13.7 Å². The smallest absolute Gasteiger partial charge is 0.261 e. The molecule has 1 heterocycles. The second kappa shape index (κ2) is 6.78. The molecule has 0 radical (unpaired) electrons. The minimum Gasteiger partial charge on any atom is -0.379 e. The van der Waals surface area contributed by atoms with Crippen molar-refractivity contribution in [3.63, 3.8) is 0 Å². The van der Waals surface area contributed by atoms with Crippen LogP contribution in [0.5, 0.6) is 0 Å². The Balaban J connectivity index is 2.14. The van der Waals surface area contributed by atoms with Crippen molar-refractivity contribution in [1.29, 1.82) is 0 Å². The van der Waals surface area contributed by atoms with E-state index in [1.54, 1.807) is 0 Å². The SMILES string of the molecule is CCCOCC(N)c1noc(-c2cc(Cl)ccc2F)n1. The van der Waals surface area contributed by atoms with Crippen LogP contribution in [0.2, 0.25) is 5.02 Å². The fourth-order valence-electron chi connectivity index (χ4n) is 1.59. The summed E-state index contributed by atoms with van der Waals surface area (Å²) in [6.45, 7) is 2.89. The van der Waals surface area contributed by atoms with E-state index in [4.69, 9.17) is 26.6 Å². The van der Waals surface area contributed by atoms with Gasteiger partial charge in [0.2, 0.25) is 0 Å². The fraction of sp³-hybridized carbons (Fsp3) is 0.385. The van der Waals surface area contributed by atoms with Crippen molar-refractivity contribution >= 4 is 11.6 Å². The number of ether oxygens (including phenoxy) is 1. The van der Waals surface area contributed by atoms with Gasteiger partial charge in [-0.3, -0.25) is 0 Å². The van der Waals surface area contributed by atoms with Crippen LogP contribution in [0, 0.1) is 5.82 Å². The largest absolute Gasteiger partial charge is 0.379 e. The lowest BCUT2D eigenvalue weighted by molar-refractivity contribution is 0.119. The summed E-state index contributed by atoms with van der Waals surface area (Å²) in [5, 5.41) is 4.13. The Morgan fingerprint density at radius 1 is 1.50 bits per heavy atom. The average molecular weight is 300 g/mol. The predicted molar refractivity (Wildman–Crippen MR) is 72.7 cm³/mol. The van der Waals surface area contributed by atoms with Gasteiger partial charge in [-0.2, -0.15) is 4.98 Å². The van der Waals surface area contributed by atoms with Crippen LogP contribution in [0.1, 0.15) is 25.2 Å². The fourth-order valence-corrected chi connectivity index (χ4v) is 1.76. The van der Waals surface area contributed by atoms with E-state index in [2.05, 4.69) is 10.1 Å². The van der Waals surface area contributed by atoms with Crippen molar-refractivity contribution in [3.05, 3.63) is 34.9 Å². The minimum atomic E-state index is -0.513. The molecule has 5 nitrogen and oxygen atoms in total. The number of nitrogens with zero attached hydrogens (tertiary/aromatic N) is 2. The highest BCUT2D eigenvalue weighted by Crippen LogP contribution is 2.25. The lowest BCUT2D eigenvalue weighted by Crippen LogP contribution is -2.18. The third kappa shape index (κ3) is 3.53. The number of hydrogen-bond acceptors (Lipinski definition) is 5. The Kier molecular flexibility index (Phi) is 5.05. The van der Waals surface area contributed by atoms with Crippen molar-refractivity contribution in [2.75, 3.05) is 13.2 Å². The number of halogens is 2. The molecule has 1 atom stereocenters. The van der Waals surface area contributed by atoms with Gasteiger partial charge >= 0.3 is 0 Å². The molecule has 0 saturated heterocycles. The average Bonchev–Trinajstić information content (AvgIpc) is 2.91. The van der Waals surface area contributed by atoms with E-state index in [9.17, 15) is 4.39 Å². The quantitative estimate of drug-likeness (QED) is 0.830. The maximum atomic E-state index is 13.7. The number of benzene rings is 1. The highest BCUT2D eigenvalue weighted by Gasteiger charge is 2.18. The maximum absolute atomic E-state index is 13.7. The van der Waals surface area contributed by atoms with Gasteiger partial charge in [-0.1, -0.05) is 23.7 Å². The van der Waals surface area contributed by atoms with Gasteiger partial charge in [-0.15, -0.1) is 0 Å². The van der Waals surface area contributed by atoms with Gasteiger partial charge in [0.25, 0.3) is 5.89 Å². The van der Waals surface area contributed by atoms with Crippen LogP contribution in [-0.2, 0) is 4.74 Å². The van der Waals surface area contributed by atoms with Crippen molar-refractivity contribution in [2.24, 2.45) is 5.73 Å². The summed E-state index contributed by atoms with van der Waals surface area (Å²) in [6.07, 6.45) is 0.901. The highest BCUT2D eigenvalue weighted by molar-refractivity contribution is 6.30. The number of hydrogen-bond donors (Lipinski definition) is 1. The lowest BCUT2D eigenvalue weighted by atomic mass is 10.2. The molecule has 20 heavy (non-hydrogen) atoms. The Hall–Kier alpha value is -1.50. The first kappa shape index (κ1) is 14.9. The molecule has 0 bridgehead atoms. The van der Waals surface area contributed by atoms with Gasteiger partial charge in [0.15, 0.2) is 5.82 Å². The van der Waals surface area contributed by atoms with Crippen molar-refractivity contribution in [3.8, 4) is 11.5 Å². The highest BCUT2D eigenvalue weighted by atomic mass is 35.5. The van der Waals surface area contributed by atoms with Crippen molar-refractivity contribution in [1.82, 2.24) is 10.1 Å². The summed E-state index contributed by atoms with van der Waals surface area (Å²) < 4.78 is 24.0. The van der Waals surface area contributed by atoms with E-state index < -0.39 is 11.9 Å². The first-order valence-corrected chi connectivity index (χ1v) is 6.62. The molecule has 0 spiro atoms. The Morgan fingerprint density at radius 3 is 3.05 bits per heavy atom. The predicted octanol–water partition coefficient (Wildman–Crippen LogP) is 2.96. The van der Waals surface area contributed by atoms with Crippen LogP contribution in [0.15, 0.2) is 22.7 Å². The third-order valence-corrected chi connectivity index (χ3v) is 2.81. The Bertz CT molecular complexity index is 576. The summed E-state index contributed by atoms with van der Waals surface area (Å²) >= 11 is 5.82. The van der Waals surface area contributed by atoms with Gasteiger partial charge in [0, 0.05) is 11.6 Å². The third-order valence-electron chi connectivity index (χ3n) is 2.58. The molecule has 2 aromatic rings. The van der Waals surface area contributed by atoms with Gasteiger partial charge in [-0.05, 0) is 24.6 Å². The molecule has 0 saturated carbocycles. The number of aromatic nitrogens is 2. The molecule has 1 unspecified atom stereocenters. The topological polar surface area (TPSA) is 74.2 Å². The van der Waals surface area contributed by atoms with Crippen LogP contribution in [0.25, 0.3) is 11.5 Å². The van der Waals surface area contributed by atoms with Crippen molar-refractivity contribution in [2.45, 2.75) is 19.4 Å². The molecule has 0 fully saturated rings. The van der Waals surface area contributed by atoms with E-state index in [1.807, 2.05) is 6.92 Å². The zero-order chi connectivity index (χ0) is 14.5. The van der Waals surface area contributed by atoms with E-state index >= 15 is 0 Å². The monoisotopic (exact) mass is 299 g/mol. The lowest BCUT2D eigenvalue weighted by Gasteiger charge is -2.06. The van der Waals surface area contributed by atoms with Gasteiger partial charge in [0.1, 0.15) is 5.82 Å². The molecule has 1 aromatic heterocycles. The van der Waals surface area contributed by atoms with E-state index in [1.165, 1.54) is 18.2 Å². The maximum Gasteiger partial charge on any atom is 0.261 e. The van der Waals surface area contributed by atoms with Gasteiger partial charge < -0.3 is 15.0 Å². The molecule has 0 amide bonds. The van der Waals surface area contributed by atoms with Gasteiger partial charge in [0.05, 0.1) is 18.2 Å². The first-order valence-electron chi connectivity index (χ1n) is 6.24. The first-order chi connectivity index (χ1) is 9.61. The van der Waals surface area contributed by atoms with E-state index in [0.717, 1.165) is 6.42 Å². The summed E-state index contributed by atoms with van der Waals surface area (Å²) in [6, 6.07) is 3.60. The summed E-state index contributed by atoms with van der Waals surface area (Å²) in [4.78, 5) is 4.08. The molecular formula is C13H15ClFN3O2. The normalized spacial score (nSPS) is 12.6. The van der Waals surface area contributed by atoms with Crippen LogP contribution in [0.3, 0.4) is 0 Å². The molecule has 0 aliphatic carbocycles. The molecule has 0 aliphatic heterocycles. The molecule has 108 valence electrons. The zero-order valence-corrected chi connectivity index (χ0v) is 11.7. The Labute approximate surface area is 120 Å². The van der Waals surface area contributed by atoms with E-state index in [0.29, 0.717) is 11.6 Å². The van der Waals surface area contributed by atoms with Gasteiger partial charge in [-0.25, -0.2) is 4.39 Å². The second-order valence-electron chi connectivity index (χ2n) is 4.26. The molecular weight excluding hydrogens is 285 g/mol. The van der Waals surface area contributed by atoms with Crippen LogP contribution in [0.4, 0.5) is 4.39 Å². The summed E-state index contributed by atoms with van der Waals surface area (Å²) in [5.41, 5.74) is 6.02. The van der Waals surface area contributed by atoms with Crippen LogP contribution >= 0.6 is 11.6 Å². The minimum absolute atomic E-state index is 0.0472. The molecule has 1 aromatic carbocycles. The van der Waals surface area contributed by atoms with Crippen LogP contribution in [-0.4, -0.2) is 23.4 Å². The zero-order valence-electron chi connectivity index (χ0n) is 11.0. The number of nitrogens with two attached hydrogens (primary N) is 1. The second-order valence-corrected chi connectivity index (χ2v) is 4.70. The standard InChI is InChI=1S/C13H15ClFN3O2/c1-2-5-19-7-11(16)12-17-13(20-18-12)9-6-8(14)3-4-10(9)15/h3-4,6,11H,2,5,7,16H2,1H3. The molecule has 0 aliphatic rings. The number of rotatable bonds is 6. The Morgan fingerprint density at radius 2 is 2.30 bits per heavy atom. The molecule has 2 rings (SSSR count).